The number of nitrogens with one attached hydrogen (secondary N) is 3. The van der Waals surface area contributed by atoms with Crippen molar-refractivity contribution in [2.75, 3.05) is 13.7 Å². The number of aromatic nitrogens is 1. The first-order valence-corrected chi connectivity index (χ1v) is 9.46. The molecule has 0 spiro atoms. The first-order valence-electron chi connectivity index (χ1n) is 9.46. The van der Waals surface area contributed by atoms with Crippen molar-refractivity contribution in [3.63, 3.8) is 0 Å². The number of ketones is 1. The maximum absolute atomic E-state index is 12.8. The van der Waals surface area contributed by atoms with Crippen molar-refractivity contribution in [2.45, 2.75) is 31.4 Å². The topological polar surface area (TPSA) is 174 Å². The number of para-hydroxylation sites is 1. The third-order valence-corrected chi connectivity index (χ3v) is 4.56. The molecule has 1 aromatic heterocycles. The van der Waals surface area contributed by atoms with Crippen LogP contribution in [0.3, 0.4) is 0 Å². The van der Waals surface area contributed by atoms with Crippen LogP contribution in [0.5, 0.6) is 0 Å². The van der Waals surface area contributed by atoms with Crippen LogP contribution in [0.15, 0.2) is 30.5 Å². The average Bonchev–Trinajstić information content (AvgIpc) is 3.16. The smallest absolute Gasteiger partial charge is 0.326 e. The Labute approximate surface area is 177 Å². The molecular weight excluding hydrogens is 406 g/mol. The lowest BCUT2D eigenvalue weighted by atomic mass is 10.0. The number of H-pyrrole nitrogens is 1. The van der Waals surface area contributed by atoms with Gasteiger partial charge in [-0.05, 0) is 18.1 Å². The second kappa shape index (κ2) is 11.4. The van der Waals surface area contributed by atoms with E-state index >= 15 is 0 Å². The molecule has 0 radical (unpaired) electrons. The summed E-state index contributed by atoms with van der Waals surface area (Å²) in [6.07, 6.45) is 0.875. The van der Waals surface area contributed by atoms with Crippen molar-refractivity contribution in [1.29, 1.82) is 0 Å². The lowest BCUT2D eigenvalue weighted by Gasteiger charge is -2.20. The Morgan fingerprint density at radius 1 is 1.29 bits per heavy atom. The fourth-order valence-corrected chi connectivity index (χ4v) is 2.91. The van der Waals surface area contributed by atoms with Gasteiger partial charge in [0.2, 0.25) is 17.6 Å². The number of rotatable bonds is 12. The van der Waals surface area contributed by atoms with E-state index in [2.05, 4.69) is 20.4 Å². The number of ether oxygens (including phenoxy) is 1. The van der Waals surface area contributed by atoms with E-state index in [0.717, 1.165) is 16.5 Å². The van der Waals surface area contributed by atoms with E-state index in [1.165, 1.54) is 7.05 Å². The molecule has 0 aliphatic heterocycles. The van der Waals surface area contributed by atoms with Gasteiger partial charge in [-0.1, -0.05) is 18.2 Å². The van der Waals surface area contributed by atoms with Crippen molar-refractivity contribution in [1.82, 2.24) is 15.6 Å². The summed E-state index contributed by atoms with van der Waals surface area (Å²) >= 11 is 0. The van der Waals surface area contributed by atoms with Gasteiger partial charge >= 0.3 is 12.2 Å². The Morgan fingerprint density at radius 2 is 2.03 bits per heavy atom. The summed E-state index contributed by atoms with van der Waals surface area (Å²) in [6.45, 7) is -0.389. The standard InChI is InChI=1S/C20H23N5O6/c1-22-18(27)11-31-17(8-12-9-23-15-5-3-2-4-14(12)15)19(28)25-16(20(29)30)7-6-13(26)10-24-21/h2-5,9-10,16-17,23H,6-8,11H2,1H3,(H,22,27)(H,25,28)(H,29,30)/t16-,17-/m0/s1. The zero-order valence-corrected chi connectivity index (χ0v) is 16.8. The summed E-state index contributed by atoms with van der Waals surface area (Å²) < 4.78 is 5.47. The molecule has 164 valence electrons. The fourth-order valence-electron chi connectivity index (χ4n) is 2.91. The molecule has 0 aliphatic carbocycles. The van der Waals surface area contributed by atoms with Gasteiger partial charge in [-0.2, -0.15) is 4.79 Å². The van der Waals surface area contributed by atoms with Crippen molar-refractivity contribution in [3.8, 4) is 0 Å². The summed E-state index contributed by atoms with van der Waals surface area (Å²) in [4.78, 5) is 53.0. The summed E-state index contributed by atoms with van der Waals surface area (Å²) in [5.41, 5.74) is 9.98. The van der Waals surface area contributed by atoms with Gasteiger partial charge in [-0.3, -0.25) is 14.4 Å². The lowest BCUT2D eigenvalue weighted by molar-refractivity contribution is -0.146. The Hall–Kier alpha value is -3.82. The first-order chi connectivity index (χ1) is 14.8. The summed E-state index contributed by atoms with van der Waals surface area (Å²) in [5, 5.41) is 15.0. The maximum atomic E-state index is 12.8. The number of carboxylic acid groups (broad SMARTS) is 1. The highest BCUT2D eigenvalue weighted by Gasteiger charge is 2.28. The number of hydrogen-bond donors (Lipinski definition) is 4. The number of Topliss-reactive ketones (excluding diaryl/α,β-unsaturated/α-hetero) is 1. The van der Waals surface area contributed by atoms with Gasteiger partial charge in [-0.25, -0.2) is 4.79 Å². The number of amides is 2. The van der Waals surface area contributed by atoms with E-state index in [0.29, 0.717) is 6.21 Å². The molecule has 31 heavy (non-hydrogen) atoms. The molecule has 0 unspecified atom stereocenters. The van der Waals surface area contributed by atoms with Gasteiger partial charge in [0.25, 0.3) is 0 Å². The molecule has 2 aromatic rings. The Morgan fingerprint density at radius 3 is 2.71 bits per heavy atom. The molecule has 2 amide bonds. The van der Waals surface area contributed by atoms with E-state index < -0.39 is 35.7 Å². The van der Waals surface area contributed by atoms with E-state index in [-0.39, 0.29) is 25.9 Å². The summed E-state index contributed by atoms with van der Waals surface area (Å²) in [5.74, 6) is -3.10. The summed E-state index contributed by atoms with van der Waals surface area (Å²) in [6, 6.07) is 6.07. The third kappa shape index (κ3) is 6.88. The highest BCUT2D eigenvalue weighted by Crippen LogP contribution is 2.20. The zero-order chi connectivity index (χ0) is 22.8. The number of aliphatic carboxylic acids is 1. The van der Waals surface area contributed by atoms with Crippen LogP contribution < -0.4 is 10.6 Å². The van der Waals surface area contributed by atoms with Crippen molar-refractivity contribution in [2.24, 2.45) is 0 Å². The molecule has 0 saturated carbocycles. The molecule has 0 fully saturated rings. The van der Waals surface area contributed by atoms with Gasteiger partial charge in [0, 0.05) is 37.0 Å². The molecular formula is C20H23N5O6. The molecule has 1 heterocycles. The van der Waals surface area contributed by atoms with Gasteiger partial charge in [0.05, 0.1) is 0 Å². The fraction of sp³-hybridized carbons (Fsp3) is 0.350. The summed E-state index contributed by atoms with van der Waals surface area (Å²) in [7, 11) is 1.42. The molecule has 11 nitrogen and oxygen atoms in total. The van der Waals surface area contributed by atoms with Crippen LogP contribution in [-0.4, -0.2) is 70.5 Å². The predicted octanol–water partition coefficient (Wildman–Crippen LogP) is 0.0609. The second-order valence-corrected chi connectivity index (χ2v) is 6.69. The van der Waals surface area contributed by atoms with Crippen LogP contribution in [0.4, 0.5) is 0 Å². The van der Waals surface area contributed by atoms with Crippen LogP contribution in [-0.2, 0) is 30.3 Å². The number of fused-ring (bicyclic) bond motifs is 1. The number of benzene rings is 1. The molecule has 0 aliphatic rings. The predicted molar refractivity (Wildman–Crippen MR) is 109 cm³/mol. The highest BCUT2D eigenvalue weighted by molar-refractivity contribution is 6.25. The zero-order valence-electron chi connectivity index (χ0n) is 16.8. The van der Waals surface area contributed by atoms with Crippen molar-refractivity contribution >= 4 is 40.7 Å². The lowest BCUT2D eigenvalue weighted by Crippen LogP contribution is -2.47. The number of likely N-dealkylation sites (N-methyl/N-ethyl adjacent to an activating group) is 1. The van der Waals surface area contributed by atoms with Crippen molar-refractivity contribution in [3.05, 3.63) is 41.6 Å². The largest absolute Gasteiger partial charge is 0.480 e. The number of nitrogens with zero attached hydrogens (tertiary/aromatic N) is 2. The molecule has 2 rings (SSSR count). The average molecular weight is 429 g/mol. The van der Waals surface area contributed by atoms with Gasteiger partial charge < -0.3 is 31.0 Å². The van der Waals surface area contributed by atoms with Crippen LogP contribution >= 0.6 is 0 Å². The molecule has 0 saturated heterocycles. The Kier molecular flexibility index (Phi) is 8.62. The molecule has 1 aromatic carbocycles. The van der Waals surface area contributed by atoms with Crippen LogP contribution in [0.2, 0.25) is 0 Å². The monoisotopic (exact) mass is 429 g/mol. The number of hydrogen-bond acceptors (Lipinski definition) is 5. The number of aromatic amines is 1. The third-order valence-electron chi connectivity index (χ3n) is 4.56. The quantitative estimate of drug-likeness (QED) is 0.211. The SMILES string of the molecule is CNC(=O)CO[C@@H](Cc1c[nH]c2ccccc12)C(=O)N[C@@H](CCC(=O)C=[N+]=[N-])C(=O)O. The van der Waals surface area contributed by atoms with E-state index in [9.17, 15) is 24.3 Å². The number of carbonyl (C=O) groups excluding carboxylic acids is 3. The van der Waals surface area contributed by atoms with E-state index in [4.69, 9.17) is 10.3 Å². The molecule has 11 heteroatoms. The van der Waals surface area contributed by atoms with Crippen molar-refractivity contribution < 1.29 is 33.8 Å². The van der Waals surface area contributed by atoms with Gasteiger partial charge in [0.1, 0.15) is 18.8 Å². The maximum Gasteiger partial charge on any atom is 0.326 e. The molecule has 2 atom stereocenters. The number of carbonyl (C=O) groups is 4. The minimum atomic E-state index is -1.36. The minimum absolute atomic E-state index is 0.0925. The minimum Gasteiger partial charge on any atom is -0.480 e. The van der Waals surface area contributed by atoms with Gasteiger partial charge in [-0.15, -0.1) is 0 Å². The Bertz CT molecular complexity index is 1010. The normalized spacial score (nSPS) is 12.4. The highest BCUT2D eigenvalue weighted by atomic mass is 16.5. The van der Waals surface area contributed by atoms with E-state index in [1.807, 2.05) is 24.3 Å². The first kappa shape index (κ1) is 23.5. The van der Waals surface area contributed by atoms with Gasteiger partial charge in [0.15, 0.2) is 0 Å². The van der Waals surface area contributed by atoms with Crippen LogP contribution in [0, 0.1) is 0 Å². The van der Waals surface area contributed by atoms with Crippen LogP contribution in [0.1, 0.15) is 18.4 Å². The van der Waals surface area contributed by atoms with Crippen LogP contribution in [0.25, 0.3) is 16.4 Å². The molecule has 0 bridgehead atoms. The Balaban J connectivity index is 2.15. The number of carboxylic acids is 1. The second-order valence-electron chi connectivity index (χ2n) is 6.69. The van der Waals surface area contributed by atoms with E-state index in [1.54, 1.807) is 6.20 Å². The molecule has 4 N–H and O–H groups in total.